The summed E-state index contributed by atoms with van der Waals surface area (Å²) in [6, 6.07) is 0. The van der Waals surface area contributed by atoms with Crippen LogP contribution in [0, 0.1) is 10.8 Å². The minimum atomic E-state index is 0.402. The van der Waals surface area contributed by atoms with Crippen LogP contribution in [0.4, 0.5) is 0 Å². The fourth-order valence-corrected chi connectivity index (χ4v) is 3.93. The van der Waals surface area contributed by atoms with Crippen LogP contribution in [0.25, 0.3) is 0 Å². The Labute approximate surface area is 122 Å². The molecule has 0 aromatic carbocycles. The predicted octanol–water partition coefficient (Wildman–Crippen LogP) is 3.30. The molecule has 0 aromatic rings. The van der Waals surface area contributed by atoms with Crippen molar-refractivity contribution in [3.05, 3.63) is 0 Å². The molecular weight excluding hydrogens is 256 g/mol. The van der Waals surface area contributed by atoms with Gasteiger partial charge in [-0.25, -0.2) is 0 Å². The highest BCUT2D eigenvalue weighted by molar-refractivity contribution is 8.14. The van der Waals surface area contributed by atoms with E-state index >= 15 is 0 Å². The van der Waals surface area contributed by atoms with Gasteiger partial charge in [0, 0.05) is 25.5 Å². The van der Waals surface area contributed by atoms with E-state index in [9.17, 15) is 0 Å². The zero-order chi connectivity index (χ0) is 13.9. The molecule has 2 aliphatic rings. The highest BCUT2D eigenvalue weighted by Crippen LogP contribution is 2.48. The van der Waals surface area contributed by atoms with E-state index in [4.69, 9.17) is 4.74 Å². The van der Waals surface area contributed by atoms with E-state index in [0.29, 0.717) is 16.1 Å². The molecular formula is C15H28N2OS. The summed E-state index contributed by atoms with van der Waals surface area (Å²) >= 11 is 1.94. The smallest absolute Gasteiger partial charge is 0.156 e. The Morgan fingerprint density at radius 3 is 2.74 bits per heavy atom. The molecule has 0 bridgehead atoms. The van der Waals surface area contributed by atoms with Crippen molar-refractivity contribution in [2.45, 2.75) is 51.7 Å². The number of hydrogen-bond acceptors (Lipinski definition) is 4. The molecule has 0 radical (unpaired) electrons. The van der Waals surface area contributed by atoms with Crippen molar-refractivity contribution in [3.8, 4) is 0 Å². The molecule has 1 aliphatic heterocycles. The second kappa shape index (κ2) is 6.04. The largest absolute Gasteiger partial charge is 0.385 e. The van der Waals surface area contributed by atoms with E-state index in [-0.39, 0.29) is 0 Å². The molecule has 1 heterocycles. The second-order valence-electron chi connectivity index (χ2n) is 7.25. The molecule has 0 saturated heterocycles. The Hall–Kier alpha value is -0.220. The van der Waals surface area contributed by atoms with Gasteiger partial charge in [-0.1, -0.05) is 32.5 Å². The molecule has 4 heteroatoms. The number of nitrogens with one attached hydrogen (secondary N) is 1. The fraction of sp³-hybridized carbons (Fsp3) is 0.933. The SMILES string of the molecule is COCCC1(CNC2=NCC(CC(C)(C)C)S2)CC1. The van der Waals surface area contributed by atoms with Crippen LogP contribution in [-0.4, -0.2) is 37.2 Å². The van der Waals surface area contributed by atoms with E-state index in [2.05, 4.69) is 31.1 Å². The molecule has 1 fully saturated rings. The third-order valence-corrected chi connectivity index (χ3v) is 5.11. The number of thioether (sulfide) groups is 1. The van der Waals surface area contributed by atoms with E-state index in [1.165, 1.54) is 25.7 Å². The molecule has 2 rings (SSSR count). The first-order valence-electron chi connectivity index (χ1n) is 7.36. The zero-order valence-electron chi connectivity index (χ0n) is 12.8. The lowest BCUT2D eigenvalue weighted by molar-refractivity contribution is 0.173. The maximum atomic E-state index is 5.20. The molecule has 3 nitrogen and oxygen atoms in total. The summed E-state index contributed by atoms with van der Waals surface area (Å²) in [7, 11) is 1.79. The van der Waals surface area contributed by atoms with Gasteiger partial charge in [0.15, 0.2) is 5.17 Å². The van der Waals surface area contributed by atoms with E-state index < -0.39 is 0 Å². The van der Waals surface area contributed by atoms with Crippen molar-refractivity contribution in [3.63, 3.8) is 0 Å². The lowest BCUT2D eigenvalue weighted by Gasteiger charge is -2.22. The monoisotopic (exact) mass is 284 g/mol. The third-order valence-electron chi connectivity index (χ3n) is 3.97. The average molecular weight is 284 g/mol. The third kappa shape index (κ3) is 4.99. The Morgan fingerprint density at radius 2 is 2.16 bits per heavy atom. The fourth-order valence-electron chi connectivity index (χ4n) is 2.58. The predicted molar refractivity (Wildman–Crippen MR) is 83.9 cm³/mol. The Bertz CT molecular complexity index is 332. The van der Waals surface area contributed by atoms with Gasteiger partial charge in [-0.05, 0) is 36.5 Å². The first-order valence-corrected chi connectivity index (χ1v) is 8.24. The zero-order valence-corrected chi connectivity index (χ0v) is 13.6. The maximum Gasteiger partial charge on any atom is 0.156 e. The molecule has 1 aliphatic carbocycles. The van der Waals surface area contributed by atoms with Gasteiger partial charge in [0.25, 0.3) is 0 Å². The Balaban J connectivity index is 1.68. The van der Waals surface area contributed by atoms with Crippen molar-refractivity contribution in [2.24, 2.45) is 15.8 Å². The normalized spacial score (nSPS) is 25.3. The van der Waals surface area contributed by atoms with Crippen molar-refractivity contribution in [1.82, 2.24) is 5.32 Å². The van der Waals surface area contributed by atoms with Crippen LogP contribution in [0.5, 0.6) is 0 Å². The second-order valence-corrected chi connectivity index (χ2v) is 8.54. The number of amidine groups is 1. The van der Waals surface area contributed by atoms with E-state index in [1.807, 2.05) is 11.8 Å². The molecule has 19 heavy (non-hydrogen) atoms. The van der Waals surface area contributed by atoms with Gasteiger partial charge in [0.1, 0.15) is 0 Å². The summed E-state index contributed by atoms with van der Waals surface area (Å²) in [4.78, 5) is 4.65. The highest BCUT2D eigenvalue weighted by Gasteiger charge is 2.42. The van der Waals surface area contributed by atoms with Crippen LogP contribution in [0.15, 0.2) is 4.99 Å². The molecule has 0 amide bonds. The van der Waals surface area contributed by atoms with E-state index in [1.54, 1.807) is 7.11 Å². The molecule has 1 unspecified atom stereocenters. The van der Waals surface area contributed by atoms with Gasteiger partial charge in [-0.2, -0.15) is 0 Å². The number of methoxy groups -OCH3 is 1. The lowest BCUT2D eigenvalue weighted by Crippen LogP contribution is -2.28. The lowest BCUT2D eigenvalue weighted by atomic mass is 9.90. The van der Waals surface area contributed by atoms with Crippen LogP contribution in [0.2, 0.25) is 0 Å². The van der Waals surface area contributed by atoms with Gasteiger partial charge >= 0.3 is 0 Å². The van der Waals surface area contributed by atoms with Crippen molar-refractivity contribution in [2.75, 3.05) is 26.8 Å². The van der Waals surface area contributed by atoms with Crippen molar-refractivity contribution < 1.29 is 4.74 Å². The van der Waals surface area contributed by atoms with Crippen LogP contribution >= 0.6 is 11.8 Å². The van der Waals surface area contributed by atoms with Crippen LogP contribution < -0.4 is 5.32 Å². The van der Waals surface area contributed by atoms with Crippen LogP contribution in [-0.2, 0) is 4.74 Å². The van der Waals surface area contributed by atoms with E-state index in [0.717, 1.165) is 24.9 Å². The molecule has 1 saturated carbocycles. The van der Waals surface area contributed by atoms with Crippen LogP contribution in [0.3, 0.4) is 0 Å². The summed E-state index contributed by atoms with van der Waals surface area (Å²) in [6.45, 7) is 9.86. The summed E-state index contributed by atoms with van der Waals surface area (Å²) in [5.41, 5.74) is 0.903. The molecule has 1 atom stereocenters. The summed E-state index contributed by atoms with van der Waals surface area (Å²) in [5, 5.41) is 5.39. The standard InChI is InChI=1S/C15H28N2OS/c1-14(2,3)9-12-10-16-13(19-12)17-11-15(5-6-15)7-8-18-4/h12H,5-11H2,1-4H3,(H,16,17). The van der Waals surface area contributed by atoms with Gasteiger partial charge in [0.05, 0.1) is 6.54 Å². The molecule has 0 aromatic heterocycles. The Kier molecular flexibility index (Phi) is 4.83. The minimum absolute atomic E-state index is 0.402. The van der Waals surface area contributed by atoms with Crippen molar-refractivity contribution >= 4 is 16.9 Å². The number of nitrogens with zero attached hydrogens (tertiary/aromatic N) is 1. The number of rotatable bonds is 6. The van der Waals surface area contributed by atoms with Gasteiger partial charge in [-0.3, -0.25) is 4.99 Å². The maximum absolute atomic E-state index is 5.20. The highest BCUT2D eigenvalue weighted by atomic mass is 32.2. The van der Waals surface area contributed by atoms with Crippen molar-refractivity contribution in [1.29, 1.82) is 0 Å². The molecule has 110 valence electrons. The average Bonchev–Trinajstić information content (AvgIpc) is 2.96. The van der Waals surface area contributed by atoms with Gasteiger partial charge in [0.2, 0.25) is 0 Å². The number of ether oxygens (including phenoxy) is 1. The number of hydrogen-bond donors (Lipinski definition) is 1. The summed E-state index contributed by atoms with van der Waals surface area (Å²) < 4.78 is 5.20. The minimum Gasteiger partial charge on any atom is -0.385 e. The summed E-state index contributed by atoms with van der Waals surface area (Å²) in [5.74, 6) is 0. The quantitative estimate of drug-likeness (QED) is 0.812. The summed E-state index contributed by atoms with van der Waals surface area (Å²) in [6.07, 6.45) is 5.10. The number of aliphatic imine (C=N–C) groups is 1. The first kappa shape index (κ1) is 15.2. The first-order chi connectivity index (χ1) is 8.92. The topological polar surface area (TPSA) is 33.6 Å². The Morgan fingerprint density at radius 1 is 1.42 bits per heavy atom. The van der Waals surface area contributed by atoms with Gasteiger partial charge < -0.3 is 10.1 Å². The molecule has 1 N–H and O–H groups in total. The molecule has 0 spiro atoms. The van der Waals surface area contributed by atoms with Crippen LogP contribution in [0.1, 0.15) is 46.5 Å². The van der Waals surface area contributed by atoms with Gasteiger partial charge in [-0.15, -0.1) is 0 Å².